The fourth-order valence-electron chi connectivity index (χ4n) is 4.94. The lowest BCUT2D eigenvalue weighted by Gasteiger charge is -2.25. The van der Waals surface area contributed by atoms with Crippen molar-refractivity contribution in [3.8, 4) is 11.5 Å². The highest BCUT2D eigenvalue weighted by Gasteiger charge is 2.26. The van der Waals surface area contributed by atoms with Gasteiger partial charge in [0.2, 0.25) is 11.8 Å². The summed E-state index contributed by atoms with van der Waals surface area (Å²) in [7, 11) is 6.57. The summed E-state index contributed by atoms with van der Waals surface area (Å²) >= 11 is 1.25. The summed E-state index contributed by atoms with van der Waals surface area (Å²) < 4.78 is 13.5. The number of nitrogens with zero attached hydrogens (tertiary/aromatic N) is 2. The van der Waals surface area contributed by atoms with Crippen LogP contribution in [0.1, 0.15) is 21.5 Å². The lowest BCUT2D eigenvalue weighted by atomic mass is 10.0. The van der Waals surface area contributed by atoms with Crippen molar-refractivity contribution in [3.05, 3.63) is 150 Å². The molecule has 10 heteroatoms. The molecule has 0 aliphatic heterocycles. The van der Waals surface area contributed by atoms with Crippen LogP contribution in [0.2, 0.25) is 0 Å². The first kappa shape index (κ1) is 38.2. The number of nitrogens with one attached hydrogen (secondary N) is 2. The molecule has 51 heavy (non-hydrogen) atoms. The zero-order valence-electron chi connectivity index (χ0n) is 29.5. The predicted molar refractivity (Wildman–Crippen MR) is 206 cm³/mol. The van der Waals surface area contributed by atoms with Crippen molar-refractivity contribution in [2.24, 2.45) is 0 Å². The van der Waals surface area contributed by atoms with Crippen molar-refractivity contribution in [2.75, 3.05) is 44.7 Å². The molecule has 3 amide bonds. The van der Waals surface area contributed by atoms with E-state index >= 15 is 0 Å². The third-order valence-corrected chi connectivity index (χ3v) is 8.74. The third kappa shape index (κ3) is 11.8. The van der Waals surface area contributed by atoms with Gasteiger partial charge in [-0.3, -0.25) is 19.1 Å². The van der Waals surface area contributed by atoms with Crippen molar-refractivity contribution >= 4 is 41.0 Å². The lowest BCUT2D eigenvalue weighted by Crippen LogP contribution is -2.48. The molecular weight excluding hydrogens is 661 g/mol. The molecule has 0 heterocycles. The first-order valence-electron chi connectivity index (χ1n) is 16.4. The molecule has 0 aliphatic carbocycles. The largest absolute Gasteiger partial charge is 0.497 e. The molecule has 5 aromatic carbocycles. The Morgan fingerprint density at radius 1 is 0.686 bits per heavy atom. The highest BCUT2D eigenvalue weighted by Crippen LogP contribution is 2.21. The van der Waals surface area contributed by atoms with Crippen molar-refractivity contribution in [2.45, 2.75) is 24.3 Å². The second-order valence-corrected chi connectivity index (χ2v) is 12.5. The van der Waals surface area contributed by atoms with E-state index in [0.29, 0.717) is 29.2 Å². The normalized spacial score (nSPS) is 10.9. The summed E-state index contributed by atoms with van der Waals surface area (Å²) in [5.41, 5.74) is 4.07. The van der Waals surface area contributed by atoms with Gasteiger partial charge in [-0.1, -0.05) is 72.3 Å². The molecule has 0 fully saturated rings. The molecule has 2 N–H and O–H groups in total. The van der Waals surface area contributed by atoms with Crippen LogP contribution in [0, 0.1) is 6.92 Å². The van der Waals surface area contributed by atoms with Crippen LogP contribution in [0.5, 0.6) is 11.5 Å². The standard InChI is InChI=1S/C34H36N4O5S.C7H8/c1-37(26-13-17-28(42-3)18-14-26)32(39)23-35-44-30-12-8-11-25(22-30)33(40)36-31(21-24-9-6-5-7-10-24)34(41)38(2)27-15-19-29(43-4)20-16-27;1-7-5-3-2-4-6-7/h5-20,22,31,35H,21,23H2,1-4H3,(H,36,40);2-6H,1H3. The Morgan fingerprint density at radius 3 is 1.76 bits per heavy atom. The van der Waals surface area contributed by atoms with E-state index in [2.05, 4.69) is 29.1 Å². The topological polar surface area (TPSA) is 100 Å². The maximum atomic E-state index is 13.7. The number of rotatable bonds is 13. The molecule has 1 atom stereocenters. The Labute approximate surface area is 304 Å². The number of hydrogen-bond donors (Lipinski definition) is 2. The second kappa shape index (κ2) is 19.6. The van der Waals surface area contributed by atoms with Gasteiger partial charge in [-0.2, -0.15) is 0 Å². The number of likely N-dealkylation sites (N-methyl/N-ethyl adjacent to an activating group) is 2. The molecule has 0 saturated carbocycles. The van der Waals surface area contributed by atoms with Gasteiger partial charge in [0.1, 0.15) is 17.5 Å². The number of methoxy groups -OCH3 is 2. The van der Waals surface area contributed by atoms with Crippen LogP contribution in [0.25, 0.3) is 0 Å². The van der Waals surface area contributed by atoms with Gasteiger partial charge in [-0.15, -0.1) is 0 Å². The molecule has 0 aliphatic rings. The minimum Gasteiger partial charge on any atom is -0.497 e. The number of benzene rings is 5. The Morgan fingerprint density at radius 2 is 1.24 bits per heavy atom. The molecule has 0 radical (unpaired) electrons. The van der Waals surface area contributed by atoms with Crippen molar-refractivity contribution in [1.82, 2.24) is 10.0 Å². The number of anilines is 2. The van der Waals surface area contributed by atoms with Gasteiger partial charge in [-0.25, -0.2) is 0 Å². The highest BCUT2D eigenvalue weighted by molar-refractivity contribution is 7.97. The molecule has 0 saturated heterocycles. The zero-order valence-corrected chi connectivity index (χ0v) is 30.4. The molecule has 1 unspecified atom stereocenters. The quantitative estimate of drug-likeness (QED) is 0.128. The van der Waals surface area contributed by atoms with Gasteiger partial charge < -0.3 is 24.6 Å². The maximum absolute atomic E-state index is 13.7. The van der Waals surface area contributed by atoms with Gasteiger partial charge in [0, 0.05) is 42.3 Å². The fourth-order valence-corrected chi connectivity index (χ4v) is 5.64. The molecule has 0 bridgehead atoms. The monoisotopic (exact) mass is 704 g/mol. The molecular formula is C41H44N4O5S. The van der Waals surface area contributed by atoms with E-state index in [-0.39, 0.29) is 24.3 Å². The smallest absolute Gasteiger partial charge is 0.251 e. The van der Waals surface area contributed by atoms with E-state index in [9.17, 15) is 14.4 Å². The molecule has 5 rings (SSSR count). The summed E-state index contributed by atoms with van der Waals surface area (Å²) in [6.07, 6.45) is 0.325. The van der Waals surface area contributed by atoms with Gasteiger partial charge in [0.25, 0.3) is 5.91 Å². The predicted octanol–water partition coefficient (Wildman–Crippen LogP) is 6.96. The summed E-state index contributed by atoms with van der Waals surface area (Å²) in [5.74, 6) is 0.649. The van der Waals surface area contributed by atoms with E-state index < -0.39 is 6.04 Å². The minimum absolute atomic E-state index is 0.0783. The van der Waals surface area contributed by atoms with Crippen molar-refractivity contribution in [1.29, 1.82) is 0 Å². The number of hydrogen-bond acceptors (Lipinski definition) is 7. The van der Waals surface area contributed by atoms with Crippen LogP contribution < -0.4 is 29.3 Å². The first-order chi connectivity index (χ1) is 24.7. The Balaban J connectivity index is 0.000000742. The molecule has 0 spiro atoms. The number of aryl methyl sites for hydroxylation is 1. The van der Waals surface area contributed by atoms with Gasteiger partial charge in [0.05, 0.1) is 20.8 Å². The van der Waals surface area contributed by atoms with Crippen molar-refractivity contribution in [3.63, 3.8) is 0 Å². The summed E-state index contributed by atoms with van der Waals surface area (Å²) in [6.45, 7) is 2.16. The number of carbonyl (C=O) groups excluding carboxylic acids is 3. The fraction of sp³-hybridized carbons (Fsp3) is 0.195. The van der Waals surface area contributed by atoms with Crippen LogP contribution in [-0.2, 0) is 16.0 Å². The Hall–Kier alpha value is -5.58. The second-order valence-electron chi connectivity index (χ2n) is 11.6. The molecule has 5 aromatic rings. The van der Waals surface area contributed by atoms with E-state index in [4.69, 9.17) is 9.47 Å². The third-order valence-electron chi connectivity index (χ3n) is 7.96. The van der Waals surface area contributed by atoms with Gasteiger partial charge in [0.15, 0.2) is 0 Å². The van der Waals surface area contributed by atoms with Crippen molar-refractivity contribution < 1.29 is 23.9 Å². The van der Waals surface area contributed by atoms with E-state index in [1.807, 2.05) is 66.7 Å². The number of amides is 3. The Bertz CT molecular complexity index is 1840. The van der Waals surface area contributed by atoms with E-state index in [1.54, 1.807) is 87.8 Å². The lowest BCUT2D eigenvalue weighted by molar-refractivity contribution is -0.120. The van der Waals surface area contributed by atoms with E-state index in [0.717, 1.165) is 16.1 Å². The van der Waals surface area contributed by atoms with E-state index in [1.165, 1.54) is 22.4 Å². The van der Waals surface area contributed by atoms with Crippen LogP contribution in [0.15, 0.2) is 138 Å². The van der Waals surface area contributed by atoms with Crippen LogP contribution >= 0.6 is 11.9 Å². The van der Waals surface area contributed by atoms with Crippen LogP contribution in [-0.4, -0.2) is 58.6 Å². The molecule has 0 aromatic heterocycles. The molecule has 9 nitrogen and oxygen atoms in total. The SMILES string of the molecule is COc1ccc(N(C)C(=O)CNSc2cccc(C(=O)NC(Cc3ccccc3)C(=O)N(C)c3ccc(OC)cc3)c2)cc1.Cc1ccccc1. The molecule has 264 valence electrons. The first-order valence-corrected chi connectivity index (χ1v) is 17.2. The summed E-state index contributed by atoms with van der Waals surface area (Å²) in [6, 6.07) is 40.4. The van der Waals surface area contributed by atoms with Crippen LogP contribution in [0.4, 0.5) is 11.4 Å². The summed E-state index contributed by atoms with van der Waals surface area (Å²) in [5, 5.41) is 2.94. The van der Waals surface area contributed by atoms with Crippen LogP contribution in [0.3, 0.4) is 0 Å². The average Bonchev–Trinajstić information content (AvgIpc) is 3.17. The number of ether oxygens (including phenoxy) is 2. The average molecular weight is 705 g/mol. The minimum atomic E-state index is -0.808. The zero-order chi connectivity index (χ0) is 36.6. The Kier molecular flexibility index (Phi) is 14.7. The van der Waals surface area contributed by atoms with Gasteiger partial charge >= 0.3 is 0 Å². The van der Waals surface area contributed by atoms with Gasteiger partial charge in [-0.05, 0) is 91.2 Å². The highest BCUT2D eigenvalue weighted by atomic mass is 32.2. The summed E-state index contributed by atoms with van der Waals surface area (Å²) in [4.78, 5) is 43.6. The number of carbonyl (C=O) groups is 3. The maximum Gasteiger partial charge on any atom is 0.251 e.